The highest BCUT2D eigenvalue weighted by Gasteiger charge is 2.23. The molecule has 0 spiro atoms. The van der Waals surface area contributed by atoms with Gasteiger partial charge in [-0.15, -0.1) is 0 Å². The quantitative estimate of drug-likeness (QED) is 0.627. The van der Waals surface area contributed by atoms with Gasteiger partial charge in [0.15, 0.2) is 0 Å². The van der Waals surface area contributed by atoms with Crippen LogP contribution in [-0.2, 0) is 10.0 Å². The standard InChI is InChI=1S/C10H13ClN2O5S/c1-6-3-8(11)9(13(15)16)4-10(6)19(17,18)12-5-7(2)14/h3-4,7,12,14H,5H2,1-2H3/t7-/m1/s1. The van der Waals surface area contributed by atoms with Crippen molar-refractivity contribution >= 4 is 27.3 Å². The van der Waals surface area contributed by atoms with Gasteiger partial charge in [-0.1, -0.05) is 11.6 Å². The van der Waals surface area contributed by atoms with E-state index in [1.807, 2.05) is 0 Å². The third kappa shape index (κ3) is 3.87. The van der Waals surface area contributed by atoms with Crippen LogP contribution in [0.25, 0.3) is 0 Å². The lowest BCUT2D eigenvalue weighted by molar-refractivity contribution is -0.384. The highest BCUT2D eigenvalue weighted by Crippen LogP contribution is 2.29. The molecular formula is C10H13ClN2O5S. The number of nitro benzene ring substituents is 1. The van der Waals surface area contributed by atoms with Crippen LogP contribution in [0.15, 0.2) is 17.0 Å². The van der Waals surface area contributed by atoms with Crippen LogP contribution in [0.3, 0.4) is 0 Å². The summed E-state index contributed by atoms with van der Waals surface area (Å²) in [5, 5.41) is 19.7. The molecule has 0 heterocycles. The third-order valence-electron chi connectivity index (χ3n) is 2.30. The summed E-state index contributed by atoms with van der Waals surface area (Å²) in [6.07, 6.45) is -0.864. The Kier molecular flexibility index (Phi) is 4.86. The highest BCUT2D eigenvalue weighted by atomic mass is 35.5. The number of benzene rings is 1. The van der Waals surface area contributed by atoms with Crippen molar-refractivity contribution < 1.29 is 18.4 Å². The second-order valence-corrected chi connectivity index (χ2v) is 6.17. The average Bonchev–Trinajstić information content (AvgIpc) is 2.25. The molecule has 106 valence electrons. The highest BCUT2D eigenvalue weighted by molar-refractivity contribution is 7.89. The number of hydrogen-bond acceptors (Lipinski definition) is 5. The molecule has 9 heteroatoms. The van der Waals surface area contributed by atoms with Gasteiger partial charge in [0.1, 0.15) is 5.02 Å². The predicted octanol–water partition coefficient (Wildman–Crippen LogP) is 1.22. The molecule has 0 radical (unpaired) electrons. The Bertz CT molecular complexity index is 600. The molecule has 0 aliphatic rings. The molecule has 2 N–H and O–H groups in total. The lowest BCUT2D eigenvalue weighted by atomic mass is 10.2. The van der Waals surface area contributed by atoms with E-state index in [1.165, 1.54) is 19.9 Å². The minimum absolute atomic E-state index is 0.128. The van der Waals surface area contributed by atoms with Crippen molar-refractivity contribution in [1.82, 2.24) is 4.72 Å². The van der Waals surface area contributed by atoms with Crippen molar-refractivity contribution in [2.45, 2.75) is 24.8 Å². The van der Waals surface area contributed by atoms with Crippen LogP contribution in [0.5, 0.6) is 0 Å². The topological polar surface area (TPSA) is 110 Å². The SMILES string of the molecule is Cc1cc(Cl)c([N+](=O)[O-])cc1S(=O)(=O)NC[C@@H](C)O. The van der Waals surface area contributed by atoms with Gasteiger partial charge >= 0.3 is 0 Å². The number of nitrogens with one attached hydrogen (secondary N) is 1. The van der Waals surface area contributed by atoms with Crippen molar-refractivity contribution in [3.63, 3.8) is 0 Å². The molecule has 7 nitrogen and oxygen atoms in total. The van der Waals surface area contributed by atoms with Crippen molar-refractivity contribution in [3.05, 3.63) is 32.8 Å². The fraction of sp³-hybridized carbons (Fsp3) is 0.400. The van der Waals surface area contributed by atoms with E-state index in [0.717, 1.165) is 6.07 Å². The van der Waals surface area contributed by atoms with E-state index in [2.05, 4.69) is 4.72 Å². The van der Waals surface area contributed by atoms with Gasteiger partial charge in [-0.3, -0.25) is 10.1 Å². The number of hydrogen-bond donors (Lipinski definition) is 2. The maximum Gasteiger partial charge on any atom is 0.289 e. The van der Waals surface area contributed by atoms with E-state index in [-0.39, 0.29) is 22.0 Å². The van der Waals surface area contributed by atoms with Crippen LogP contribution >= 0.6 is 11.6 Å². The van der Waals surface area contributed by atoms with Crippen LogP contribution in [-0.4, -0.2) is 31.1 Å². The lowest BCUT2D eigenvalue weighted by Crippen LogP contribution is -2.31. The molecule has 0 fully saturated rings. The van der Waals surface area contributed by atoms with Gasteiger partial charge in [0.05, 0.1) is 15.9 Å². The van der Waals surface area contributed by atoms with Gasteiger partial charge in [-0.2, -0.15) is 0 Å². The molecule has 0 saturated carbocycles. The number of nitrogens with zero attached hydrogens (tertiary/aromatic N) is 1. The smallest absolute Gasteiger partial charge is 0.289 e. The minimum atomic E-state index is -3.93. The number of aliphatic hydroxyl groups excluding tert-OH is 1. The summed E-state index contributed by atoms with van der Waals surface area (Å²) < 4.78 is 26.1. The molecule has 0 bridgehead atoms. The summed E-state index contributed by atoms with van der Waals surface area (Å²) >= 11 is 5.68. The summed E-state index contributed by atoms with van der Waals surface area (Å²) in [5.74, 6) is 0. The number of aliphatic hydroxyl groups is 1. The van der Waals surface area contributed by atoms with Gasteiger partial charge in [-0.25, -0.2) is 13.1 Å². The average molecular weight is 309 g/mol. The summed E-state index contributed by atoms with van der Waals surface area (Å²) in [4.78, 5) is 9.76. The van der Waals surface area contributed by atoms with Crippen molar-refractivity contribution in [2.24, 2.45) is 0 Å². The summed E-state index contributed by atoms with van der Waals surface area (Å²) in [6, 6.07) is 2.12. The zero-order valence-corrected chi connectivity index (χ0v) is 11.8. The number of nitro groups is 1. The molecule has 0 aliphatic heterocycles. The summed E-state index contributed by atoms with van der Waals surface area (Å²) in [5.41, 5.74) is -0.196. The molecule has 1 aromatic rings. The van der Waals surface area contributed by atoms with Crippen LogP contribution in [0.4, 0.5) is 5.69 Å². The van der Waals surface area contributed by atoms with Crippen molar-refractivity contribution in [1.29, 1.82) is 0 Å². The third-order valence-corrected chi connectivity index (χ3v) is 4.17. The van der Waals surface area contributed by atoms with E-state index < -0.39 is 26.7 Å². The predicted molar refractivity (Wildman–Crippen MR) is 69.7 cm³/mol. The molecule has 0 aliphatic carbocycles. The van der Waals surface area contributed by atoms with Crippen LogP contribution < -0.4 is 4.72 Å². The second-order valence-electron chi connectivity index (χ2n) is 4.03. The first-order valence-electron chi connectivity index (χ1n) is 5.27. The zero-order valence-electron chi connectivity index (χ0n) is 10.3. The first-order chi connectivity index (χ1) is 8.65. The van der Waals surface area contributed by atoms with Gasteiger partial charge in [0.25, 0.3) is 5.69 Å². The Morgan fingerprint density at radius 3 is 2.58 bits per heavy atom. The maximum atomic E-state index is 12.0. The van der Waals surface area contributed by atoms with E-state index >= 15 is 0 Å². The molecule has 1 rings (SSSR count). The number of halogens is 1. The molecule has 0 unspecified atom stereocenters. The van der Waals surface area contributed by atoms with E-state index in [0.29, 0.717) is 0 Å². The minimum Gasteiger partial charge on any atom is -0.392 e. The number of sulfonamides is 1. The monoisotopic (exact) mass is 308 g/mol. The first-order valence-corrected chi connectivity index (χ1v) is 7.13. The molecule has 0 amide bonds. The molecule has 19 heavy (non-hydrogen) atoms. The fourth-order valence-electron chi connectivity index (χ4n) is 1.38. The largest absolute Gasteiger partial charge is 0.392 e. The Morgan fingerprint density at radius 2 is 2.11 bits per heavy atom. The lowest BCUT2D eigenvalue weighted by Gasteiger charge is -2.11. The van der Waals surface area contributed by atoms with Gasteiger partial charge in [-0.05, 0) is 25.5 Å². The molecule has 1 atom stereocenters. The summed E-state index contributed by atoms with van der Waals surface area (Å²) in [7, 11) is -3.93. The summed E-state index contributed by atoms with van der Waals surface area (Å²) in [6.45, 7) is 2.71. The van der Waals surface area contributed by atoms with Crippen LogP contribution in [0.1, 0.15) is 12.5 Å². The van der Waals surface area contributed by atoms with E-state index in [1.54, 1.807) is 0 Å². The second kappa shape index (κ2) is 5.83. The van der Waals surface area contributed by atoms with Crippen LogP contribution in [0.2, 0.25) is 5.02 Å². The Morgan fingerprint density at radius 1 is 1.53 bits per heavy atom. The molecule has 1 aromatic carbocycles. The van der Waals surface area contributed by atoms with Crippen molar-refractivity contribution in [3.8, 4) is 0 Å². The normalized spacial score (nSPS) is 13.3. The number of aryl methyl sites for hydroxylation is 1. The zero-order chi connectivity index (χ0) is 14.8. The molecule has 0 aromatic heterocycles. The van der Waals surface area contributed by atoms with Gasteiger partial charge < -0.3 is 5.11 Å². The molecule has 0 saturated heterocycles. The van der Waals surface area contributed by atoms with Gasteiger partial charge in [0.2, 0.25) is 10.0 Å². The Balaban J connectivity index is 3.27. The van der Waals surface area contributed by atoms with Crippen molar-refractivity contribution in [2.75, 3.05) is 6.54 Å². The Hall–Kier alpha value is -1.22. The van der Waals surface area contributed by atoms with Crippen LogP contribution in [0, 0.1) is 17.0 Å². The fourth-order valence-corrected chi connectivity index (χ4v) is 3.03. The van der Waals surface area contributed by atoms with E-state index in [4.69, 9.17) is 16.7 Å². The van der Waals surface area contributed by atoms with Gasteiger partial charge in [0, 0.05) is 12.6 Å². The number of rotatable bonds is 5. The van der Waals surface area contributed by atoms with E-state index in [9.17, 15) is 18.5 Å². The molecular weight excluding hydrogens is 296 g/mol. The maximum absolute atomic E-state index is 12.0. The Labute approximate surface area is 115 Å². The first kappa shape index (κ1) is 15.8.